The van der Waals surface area contributed by atoms with Gasteiger partial charge in [0, 0.05) is 31.4 Å². The van der Waals surface area contributed by atoms with Crippen molar-refractivity contribution in [3.05, 3.63) is 29.6 Å². The zero-order valence-corrected chi connectivity index (χ0v) is 10.8. The highest BCUT2D eigenvalue weighted by atomic mass is 15.0. The molecule has 0 atom stereocenters. The van der Waals surface area contributed by atoms with Crippen molar-refractivity contribution in [3.8, 4) is 0 Å². The molecule has 1 heterocycles. The largest absolute Gasteiger partial charge is 0.311 e. The Morgan fingerprint density at radius 2 is 2.00 bits per heavy atom. The first kappa shape index (κ1) is 13.1. The average molecular weight is 221 g/mol. The predicted octanol–water partition coefficient (Wildman–Crippen LogP) is 1.87. The third kappa shape index (κ3) is 5.24. The summed E-state index contributed by atoms with van der Waals surface area (Å²) in [5.74, 6) is 0. The molecule has 16 heavy (non-hydrogen) atoms. The fourth-order valence-corrected chi connectivity index (χ4v) is 1.44. The lowest BCUT2D eigenvalue weighted by Crippen LogP contribution is -2.40. The second-order valence-electron chi connectivity index (χ2n) is 5.12. The van der Waals surface area contributed by atoms with Crippen LogP contribution < -0.4 is 10.6 Å². The highest BCUT2D eigenvalue weighted by Gasteiger charge is 2.06. The Balaban J connectivity index is 2.19. The molecule has 0 radical (unpaired) electrons. The quantitative estimate of drug-likeness (QED) is 0.745. The van der Waals surface area contributed by atoms with Crippen LogP contribution in [0.3, 0.4) is 0 Å². The van der Waals surface area contributed by atoms with Gasteiger partial charge in [0.1, 0.15) is 0 Å². The Bertz CT molecular complexity index is 315. The van der Waals surface area contributed by atoms with E-state index in [9.17, 15) is 0 Å². The normalized spacial score (nSPS) is 11.8. The summed E-state index contributed by atoms with van der Waals surface area (Å²) in [5.41, 5.74) is 2.58. The van der Waals surface area contributed by atoms with Crippen molar-refractivity contribution in [2.24, 2.45) is 0 Å². The van der Waals surface area contributed by atoms with Crippen molar-refractivity contribution in [2.45, 2.75) is 39.8 Å². The van der Waals surface area contributed by atoms with Gasteiger partial charge in [0.15, 0.2) is 0 Å². The monoisotopic (exact) mass is 221 g/mol. The number of aryl methyl sites for hydroxylation is 1. The van der Waals surface area contributed by atoms with Crippen molar-refractivity contribution in [2.75, 3.05) is 13.1 Å². The molecule has 2 N–H and O–H groups in total. The van der Waals surface area contributed by atoms with Crippen LogP contribution in [0.25, 0.3) is 0 Å². The van der Waals surface area contributed by atoms with Crippen LogP contribution in [-0.4, -0.2) is 23.6 Å². The number of pyridine rings is 1. The molecule has 1 aromatic heterocycles. The van der Waals surface area contributed by atoms with E-state index in [4.69, 9.17) is 0 Å². The van der Waals surface area contributed by atoms with Gasteiger partial charge in [-0.25, -0.2) is 0 Å². The summed E-state index contributed by atoms with van der Waals surface area (Å²) in [5, 5.41) is 6.83. The summed E-state index contributed by atoms with van der Waals surface area (Å²) >= 11 is 0. The van der Waals surface area contributed by atoms with Crippen molar-refractivity contribution in [1.82, 2.24) is 15.6 Å². The molecule has 0 aliphatic heterocycles. The molecule has 0 aliphatic carbocycles. The Morgan fingerprint density at radius 1 is 1.25 bits per heavy atom. The standard InChI is InChI=1S/C13H23N3/c1-11-6-5-7-15-12(11)10-14-8-9-16-13(2,3)4/h5-7,14,16H,8-10H2,1-4H3. The maximum absolute atomic E-state index is 4.34. The molecule has 0 saturated carbocycles. The van der Waals surface area contributed by atoms with Crippen LogP contribution in [0.4, 0.5) is 0 Å². The van der Waals surface area contributed by atoms with E-state index in [0.717, 1.165) is 25.3 Å². The lowest BCUT2D eigenvalue weighted by Gasteiger charge is -2.20. The second kappa shape index (κ2) is 5.97. The van der Waals surface area contributed by atoms with Gasteiger partial charge in [-0.1, -0.05) is 6.07 Å². The Labute approximate surface area is 98.7 Å². The summed E-state index contributed by atoms with van der Waals surface area (Å²) in [4.78, 5) is 4.34. The number of nitrogens with one attached hydrogen (secondary N) is 2. The molecule has 0 bridgehead atoms. The predicted molar refractivity (Wildman–Crippen MR) is 68.4 cm³/mol. The van der Waals surface area contributed by atoms with Crippen LogP contribution >= 0.6 is 0 Å². The number of aromatic nitrogens is 1. The van der Waals surface area contributed by atoms with Crippen molar-refractivity contribution in [3.63, 3.8) is 0 Å². The van der Waals surface area contributed by atoms with Gasteiger partial charge in [-0.15, -0.1) is 0 Å². The van der Waals surface area contributed by atoms with E-state index in [1.807, 2.05) is 12.3 Å². The minimum absolute atomic E-state index is 0.197. The second-order valence-corrected chi connectivity index (χ2v) is 5.12. The molecule has 1 aromatic rings. The molecule has 3 heteroatoms. The number of nitrogens with zero attached hydrogens (tertiary/aromatic N) is 1. The molecule has 3 nitrogen and oxygen atoms in total. The van der Waals surface area contributed by atoms with Gasteiger partial charge in [-0.2, -0.15) is 0 Å². The smallest absolute Gasteiger partial charge is 0.0570 e. The van der Waals surface area contributed by atoms with E-state index >= 15 is 0 Å². The first-order valence-corrected chi connectivity index (χ1v) is 5.85. The van der Waals surface area contributed by atoms with Crippen LogP contribution in [0.5, 0.6) is 0 Å². The maximum Gasteiger partial charge on any atom is 0.0570 e. The average Bonchev–Trinajstić information content (AvgIpc) is 2.18. The van der Waals surface area contributed by atoms with Crippen molar-refractivity contribution >= 4 is 0 Å². The maximum atomic E-state index is 4.34. The summed E-state index contributed by atoms with van der Waals surface area (Å²) in [6, 6.07) is 4.07. The van der Waals surface area contributed by atoms with Gasteiger partial charge in [-0.3, -0.25) is 4.98 Å². The number of hydrogen-bond donors (Lipinski definition) is 2. The molecule has 0 aliphatic rings. The van der Waals surface area contributed by atoms with E-state index in [0.29, 0.717) is 0 Å². The molecule has 1 rings (SSSR count). The van der Waals surface area contributed by atoms with Crippen molar-refractivity contribution < 1.29 is 0 Å². The molecular weight excluding hydrogens is 198 g/mol. The fraction of sp³-hybridized carbons (Fsp3) is 0.615. The Hall–Kier alpha value is -0.930. The van der Waals surface area contributed by atoms with Gasteiger partial charge >= 0.3 is 0 Å². The highest BCUT2D eigenvalue weighted by Crippen LogP contribution is 2.01. The van der Waals surface area contributed by atoms with Crippen LogP contribution in [0, 0.1) is 6.92 Å². The minimum Gasteiger partial charge on any atom is -0.311 e. The van der Waals surface area contributed by atoms with E-state index < -0.39 is 0 Å². The Morgan fingerprint density at radius 3 is 2.62 bits per heavy atom. The summed E-state index contributed by atoms with van der Waals surface area (Å²) in [6.07, 6.45) is 1.84. The van der Waals surface area contributed by atoms with E-state index in [-0.39, 0.29) is 5.54 Å². The van der Waals surface area contributed by atoms with Gasteiger partial charge < -0.3 is 10.6 Å². The molecule has 0 amide bonds. The van der Waals surface area contributed by atoms with Gasteiger partial charge in [0.25, 0.3) is 0 Å². The number of rotatable bonds is 5. The molecule has 0 aromatic carbocycles. The van der Waals surface area contributed by atoms with Crippen LogP contribution in [0.1, 0.15) is 32.0 Å². The van der Waals surface area contributed by atoms with Crippen LogP contribution in [0.15, 0.2) is 18.3 Å². The molecule has 0 spiro atoms. The van der Waals surface area contributed by atoms with E-state index in [1.54, 1.807) is 0 Å². The van der Waals surface area contributed by atoms with E-state index in [1.165, 1.54) is 5.56 Å². The SMILES string of the molecule is Cc1cccnc1CNCCNC(C)(C)C. The first-order chi connectivity index (χ1) is 7.49. The summed E-state index contributed by atoms with van der Waals surface area (Å²) in [7, 11) is 0. The molecule has 90 valence electrons. The van der Waals surface area contributed by atoms with Crippen LogP contribution in [0.2, 0.25) is 0 Å². The lowest BCUT2D eigenvalue weighted by atomic mass is 10.1. The molecular formula is C13H23N3. The third-order valence-electron chi connectivity index (χ3n) is 2.37. The summed E-state index contributed by atoms with van der Waals surface area (Å²) in [6.45, 7) is 11.4. The summed E-state index contributed by atoms with van der Waals surface area (Å²) < 4.78 is 0. The molecule has 0 fully saturated rings. The minimum atomic E-state index is 0.197. The van der Waals surface area contributed by atoms with Gasteiger partial charge in [-0.05, 0) is 39.3 Å². The fourth-order valence-electron chi connectivity index (χ4n) is 1.44. The zero-order valence-electron chi connectivity index (χ0n) is 10.8. The van der Waals surface area contributed by atoms with Crippen molar-refractivity contribution in [1.29, 1.82) is 0 Å². The zero-order chi connectivity index (χ0) is 12.0. The van der Waals surface area contributed by atoms with E-state index in [2.05, 4.69) is 49.4 Å². The Kier molecular flexibility index (Phi) is 4.90. The molecule has 0 saturated heterocycles. The molecule has 0 unspecified atom stereocenters. The van der Waals surface area contributed by atoms with Gasteiger partial charge in [0.2, 0.25) is 0 Å². The van der Waals surface area contributed by atoms with Crippen LogP contribution in [-0.2, 0) is 6.54 Å². The number of hydrogen-bond acceptors (Lipinski definition) is 3. The first-order valence-electron chi connectivity index (χ1n) is 5.85. The third-order valence-corrected chi connectivity index (χ3v) is 2.37. The lowest BCUT2D eigenvalue weighted by molar-refractivity contribution is 0.421. The van der Waals surface area contributed by atoms with Gasteiger partial charge in [0.05, 0.1) is 5.69 Å². The topological polar surface area (TPSA) is 37.0 Å². The highest BCUT2D eigenvalue weighted by molar-refractivity contribution is 5.17.